The smallest absolute Gasteiger partial charge is 0.238 e. The Hall–Kier alpha value is -0.950. The van der Waals surface area contributed by atoms with E-state index in [1.54, 1.807) is 12.1 Å². The number of hydrogen-bond acceptors (Lipinski definition) is 4. The third kappa shape index (κ3) is 4.58. The van der Waals surface area contributed by atoms with Crippen molar-refractivity contribution in [2.75, 3.05) is 6.61 Å². The fourth-order valence-corrected chi connectivity index (χ4v) is 2.34. The van der Waals surface area contributed by atoms with Gasteiger partial charge in [0, 0.05) is 18.7 Å². The van der Waals surface area contributed by atoms with Gasteiger partial charge in [-0.25, -0.2) is 13.6 Å². The van der Waals surface area contributed by atoms with Gasteiger partial charge in [0.05, 0.1) is 4.90 Å². The molecule has 4 N–H and O–H groups in total. The van der Waals surface area contributed by atoms with Gasteiger partial charge in [-0.2, -0.15) is 0 Å². The van der Waals surface area contributed by atoms with Crippen molar-refractivity contribution >= 4 is 10.0 Å². The van der Waals surface area contributed by atoms with E-state index in [0.717, 1.165) is 5.56 Å². The first kappa shape index (κ1) is 16.1. The number of benzene rings is 1. The summed E-state index contributed by atoms with van der Waals surface area (Å²) in [6.45, 7) is 5.99. The van der Waals surface area contributed by atoms with Crippen molar-refractivity contribution in [1.29, 1.82) is 0 Å². The predicted molar refractivity (Wildman–Crippen MR) is 75.1 cm³/mol. The van der Waals surface area contributed by atoms with Gasteiger partial charge < -0.3 is 10.4 Å². The second-order valence-corrected chi connectivity index (χ2v) is 6.52. The molecular formula is C13H22N2O3S. The van der Waals surface area contributed by atoms with Crippen molar-refractivity contribution in [3.63, 3.8) is 0 Å². The van der Waals surface area contributed by atoms with E-state index in [1.165, 1.54) is 6.07 Å². The van der Waals surface area contributed by atoms with Crippen molar-refractivity contribution in [3.8, 4) is 0 Å². The molecule has 0 aromatic heterocycles. The fraction of sp³-hybridized carbons (Fsp3) is 0.538. The molecule has 0 amide bonds. The highest BCUT2D eigenvalue weighted by Crippen LogP contribution is 2.18. The van der Waals surface area contributed by atoms with E-state index in [4.69, 9.17) is 10.2 Å². The normalized spacial score (nSPS) is 16.9. The monoisotopic (exact) mass is 286 g/mol. The molecule has 108 valence electrons. The Kier molecular flexibility index (Phi) is 5.49. The molecule has 1 rings (SSSR count). The summed E-state index contributed by atoms with van der Waals surface area (Å²) in [7, 11) is -3.68. The molecule has 0 heterocycles. The molecule has 3 unspecified atom stereocenters. The van der Waals surface area contributed by atoms with Gasteiger partial charge in [-0.05, 0) is 37.5 Å². The van der Waals surface area contributed by atoms with Crippen molar-refractivity contribution < 1.29 is 13.5 Å². The lowest BCUT2D eigenvalue weighted by Gasteiger charge is -2.24. The summed E-state index contributed by atoms with van der Waals surface area (Å²) in [4.78, 5) is 0.113. The van der Waals surface area contributed by atoms with Gasteiger partial charge in [0.15, 0.2) is 0 Å². The highest BCUT2D eigenvalue weighted by molar-refractivity contribution is 7.89. The van der Waals surface area contributed by atoms with Crippen LogP contribution in [-0.4, -0.2) is 26.2 Å². The summed E-state index contributed by atoms with van der Waals surface area (Å²) in [5.41, 5.74) is 0.850. The minimum Gasteiger partial charge on any atom is -0.396 e. The van der Waals surface area contributed by atoms with Crippen LogP contribution in [0.1, 0.15) is 32.4 Å². The van der Waals surface area contributed by atoms with Crippen LogP contribution >= 0.6 is 0 Å². The van der Waals surface area contributed by atoms with E-state index in [0.29, 0.717) is 0 Å². The SMILES string of the molecule is CC(NC(C)C(C)CO)c1cccc(S(N)(=O)=O)c1. The number of sulfonamides is 1. The van der Waals surface area contributed by atoms with Crippen LogP contribution in [-0.2, 0) is 10.0 Å². The van der Waals surface area contributed by atoms with E-state index in [-0.39, 0.29) is 29.5 Å². The first-order valence-electron chi connectivity index (χ1n) is 6.25. The molecule has 3 atom stereocenters. The number of nitrogens with two attached hydrogens (primary N) is 1. The van der Waals surface area contributed by atoms with Gasteiger partial charge in [0.1, 0.15) is 0 Å². The lowest BCUT2D eigenvalue weighted by Crippen LogP contribution is -2.35. The van der Waals surface area contributed by atoms with Gasteiger partial charge in [0.2, 0.25) is 10.0 Å². The van der Waals surface area contributed by atoms with E-state index in [1.807, 2.05) is 26.8 Å². The molecule has 0 aliphatic rings. The molecule has 0 aliphatic carbocycles. The summed E-state index contributed by atoms with van der Waals surface area (Å²) in [6, 6.07) is 6.67. The molecule has 0 fully saturated rings. The molecule has 1 aromatic carbocycles. The third-order valence-electron chi connectivity index (χ3n) is 3.34. The third-order valence-corrected chi connectivity index (χ3v) is 4.25. The van der Waals surface area contributed by atoms with Gasteiger partial charge in [-0.15, -0.1) is 0 Å². The minimum atomic E-state index is -3.68. The first-order valence-corrected chi connectivity index (χ1v) is 7.80. The maximum absolute atomic E-state index is 11.3. The van der Waals surface area contributed by atoms with Crippen LogP contribution in [0, 0.1) is 5.92 Å². The lowest BCUT2D eigenvalue weighted by molar-refractivity contribution is 0.202. The Morgan fingerprint density at radius 3 is 2.47 bits per heavy atom. The second-order valence-electron chi connectivity index (χ2n) is 4.95. The predicted octanol–water partition coefficient (Wildman–Crippen LogP) is 1.00. The molecule has 0 saturated carbocycles. The van der Waals surface area contributed by atoms with Crippen LogP contribution in [0.4, 0.5) is 0 Å². The van der Waals surface area contributed by atoms with Crippen LogP contribution in [0.25, 0.3) is 0 Å². The van der Waals surface area contributed by atoms with E-state index >= 15 is 0 Å². The Balaban J connectivity index is 2.86. The molecule has 0 aliphatic heterocycles. The molecule has 1 aromatic rings. The van der Waals surface area contributed by atoms with Crippen LogP contribution in [0.3, 0.4) is 0 Å². The highest BCUT2D eigenvalue weighted by Gasteiger charge is 2.16. The zero-order chi connectivity index (χ0) is 14.6. The van der Waals surface area contributed by atoms with E-state index < -0.39 is 10.0 Å². The summed E-state index contributed by atoms with van der Waals surface area (Å²) >= 11 is 0. The maximum atomic E-state index is 11.3. The van der Waals surface area contributed by atoms with Crippen LogP contribution in [0.5, 0.6) is 0 Å². The maximum Gasteiger partial charge on any atom is 0.238 e. The molecule has 0 bridgehead atoms. The Morgan fingerprint density at radius 1 is 1.32 bits per heavy atom. The summed E-state index contributed by atoms with van der Waals surface area (Å²) in [6.07, 6.45) is 0. The summed E-state index contributed by atoms with van der Waals surface area (Å²) in [5.74, 6) is 0.129. The van der Waals surface area contributed by atoms with Crippen LogP contribution in [0.15, 0.2) is 29.2 Å². The largest absolute Gasteiger partial charge is 0.396 e. The Morgan fingerprint density at radius 2 is 1.95 bits per heavy atom. The standard InChI is InChI=1S/C13H22N2O3S/c1-9(8-16)10(2)15-11(3)12-5-4-6-13(7-12)19(14,17)18/h4-7,9-11,15-16H,8H2,1-3H3,(H2,14,17,18). The molecule has 19 heavy (non-hydrogen) atoms. The van der Waals surface area contributed by atoms with Crippen molar-refractivity contribution in [2.24, 2.45) is 11.1 Å². The number of rotatable bonds is 6. The number of aliphatic hydroxyl groups is 1. The van der Waals surface area contributed by atoms with Crippen molar-refractivity contribution in [1.82, 2.24) is 5.32 Å². The van der Waals surface area contributed by atoms with Gasteiger partial charge in [-0.1, -0.05) is 19.1 Å². The van der Waals surface area contributed by atoms with Gasteiger partial charge in [-0.3, -0.25) is 0 Å². The van der Waals surface area contributed by atoms with Gasteiger partial charge >= 0.3 is 0 Å². The van der Waals surface area contributed by atoms with Crippen LogP contribution < -0.4 is 10.5 Å². The fourth-order valence-electron chi connectivity index (χ4n) is 1.77. The van der Waals surface area contributed by atoms with Crippen molar-refractivity contribution in [3.05, 3.63) is 29.8 Å². The highest BCUT2D eigenvalue weighted by atomic mass is 32.2. The van der Waals surface area contributed by atoms with Crippen molar-refractivity contribution in [2.45, 2.75) is 37.8 Å². The number of nitrogens with one attached hydrogen (secondary N) is 1. The molecule has 0 saturated heterocycles. The van der Waals surface area contributed by atoms with E-state index in [9.17, 15) is 8.42 Å². The summed E-state index contributed by atoms with van der Waals surface area (Å²) in [5, 5.41) is 17.5. The number of aliphatic hydroxyl groups excluding tert-OH is 1. The molecule has 0 radical (unpaired) electrons. The Labute approximate surface area is 114 Å². The zero-order valence-corrected chi connectivity index (χ0v) is 12.3. The number of primary sulfonamides is 1. The van der Waals surface area contributed by atoms with Crippen LogP contribution in [0.2, 0.25) is 0 Å². The zero-order valence-electron chi connectivity index (χ0n) is 11.5. The average Bonchev–Trinajstić information content (AvgIpc) is 2.36. The molecule has 6 heteroatoms. The Bertz CT molecular complexity index is 516. The molecule has 5 nitrogen and oxygen atoms in total. The van der Waals surface area contributed by atoms with E-state index in [2.05, 4.69) is 5.32 Å². The first-order chi connectivity index (χ1) is 8.75. The number of hydrogen-bond donors (Lipinski definition) is 3. The quantitative estimate of drug-likeness (QED) is 0.727. The lowest BCUT2D eigenvalue weighted by atomic mass is 10.0. The average molecular weight is 286 g/mol. The second kappa shape index (κ2) is 6.47. The summed E-state index contributed by atoms with van der Waals surface area (Å²) < 4.78 is 22.6. The molecule has 0 spiro atoms. The molecular weight excluding hydrogens is 264 g/mol. The minimum absolute atomic E-state index is 0.0225. The topological polar surface area (TPSA) is 92.4 Å². The van der Waals surface area contributed by atoms with Gasteiger partial charge in [0.25, 0.3) is 0 Å².